The molecule has 8 heteroatoms. The summed E-state index contributed by atoms with van der Waals surface area (Å²) in [6.07, 6.45) is 1.57. The number of benzene rings is 1. The molecule has 1 N–H and O–H groups in total. The predicted molar refractivity (Wildman–Crippen MR) is 85.1 cm³/mol. The molecule has 0 aliphatic rings. The number of methoxy groups -OCH3 is 1. The van der Waals surface area contributed by atoms with Gasteiger partial charge in [-0.25, -0.2) is 0 Å². The van der Waals surface area contributed by atoms with Crippen molar-refractivity contribution in [3.05, 3.63) is 48.4 Å². The number of amides is 1. The van der Waals surface area contributed by atoms with Gasteiger partial charge in [0, 0.05) is 5.56 Å². The summed E-state index contributed by atoms with van der Waals surface area (Å²) in [5.41, 5.74) is 0.768. The number of aromatic nitrogens is 4. The first kappa shape index (κ1) is 15.7. The molecule has 24 heavy (non-hydrogen) atoms. The van der Waals surface area contributed by atoms with Gasteiger partial charge in [-0.2, -0.15) is 4.80 Å². The summed E-state index contributed by atoms with van der Waals surface area (Å²) in [5, 5.41) is 14.9. The number of hydrogen-bond donors (Lipinski definition) is 1. The lowest BCUT2D eigenvalue weighted by molar-refractivity contribution is -0.122. The van der Waals surface area contributed by atoms with Gasteiger partial charge in [0.25, 0.3) is 0 Å². The van der Waals surface area contributed by atoms with Crippen molar-refractivity contribution in [3.63, 3.8) is 0 Å². The van der Waals surface area contributed by atoms with E-state index in [1.54, 1.807) is 31.6 Å². The second-order valence-corrected chi connectivity index (χ2v) is 5.18. The monoisotopic (exact) mass is 327 g/mol. The molecule has 1 amide bonds. The van der Waals surface area contributed by atoms with Gasteiger partial charge in [0.2, 0.25) is 11.7 Å². The summed E-state index contributed by atoms with van der Waals surface area (Å²) in [7, 11) is 1.59. The summed E-state index contributed by atoms with van der Waals surface area (Å²) >= 11 is 0. The van der Waals surface area contributed by atoms with Crippen LogP contribution in [-0.4, -0.2) is 33.2 Å². The second kappa shape index (κ2) is 6.95. The van der Waals surface area contributed by atoms with Gasteiger partial charge in [-0.3, -0.25) is 4.79 Å². The number of rotatable bonds is 6. The minimum Gasteiger partial charge on any atom is -0.497 e. The number of carbonyl (C=O) groups is 1. The Hall–Kier alpha value is -3.16. The van der Waals surface area contributed by atoms with Crippen molar-refractivity contribution < 1.29 is 13.9 Å². The molecule has 0 unspecified atom stereocenters. The van der Waals surface area contributed by atoms with Crippen LogP contribution in [0.1, 0.15) is 18.7 Å². The molecule has 2 aromatic heterocycles. The lowest BCUT2D eigenvalue weighted by atomic mass is 10.2. The number of furan rings is 1. The summed E-state index contributed by atoms with van der Waals surface area (Å²) in [5.74, 6) is 1.59. The third-order valence-corrected chi connectivity index (χ3v) is 3.41. The van der Waals surface area contributed by atoms with Gasteiger partial charge in [0.1, 0.15) is 18.1 Å². The van der Waals surface area contributed by atoms with Crippen molar-refractivity contribution in [2.75, 3.05) is 7.11 Å². The van der Waals surface area contributed by atoms with Gasteiger partial charge in [-0.1, -0.05) is 12.1 Å². The van der Waals surface area contributed by atoms with Crippen LogP contribution in [0.4, 0.5) is 0 Å². The number of tetrazole rings is 1. The Morgan fingerprint density at radius 1 is 1.38 bits per heavy atom. The van der Waals surface area contributed by atoms with Crippen LogP contribution in [0.15, 0.2) is 47.1 Å². The lowest BCUT2D eigenvalue weighted by Crippen LogP contribution is -2.30. The highest BCUT2D eigenvalue weighted by atomic mass is 16.5. The van der Waals surface area contributed by atoms with E-state index in [0.29, 0.717) is 17.3 Å². The minimum absolute atomic E-state index is 0.0258. The Labute approximate surface area is 138 Å². The third kappa shape index (κ3) is 3.60. The van der Waals surface area contributed by atoms with E-state index >= 15 is 0 Å². The Morgan fingerprint density at radius 2 is 2.25 bits per heavy atom. The van der Waals surface area contributed by atoms with Crippen LogP contribution in [-0.2, 0) is 11.3 Å². The summed E-state index contributed by atoms with van der Waals surface area (Å²) < 4.78 is 10.4. The van der Waals surface area contributed by atoms with E-state index in [9.17, 15) is 4.79 Å². The van der Waals surface area contributed by atoms with Crippen molar-refractivity contribution in [2.24, 2.45) is 0 Å². The Bertz CT molecular complexity index is 813. The number of nitrogens with one attached hydrogen (secondary N) is 1. The zero-order chi connectivity index (χ0) is 16.9. The molecule has 8 nitrogen and oxygen atoms in total. The third-order valence-electron chi connectivity index (χ3n) is 3.41. The van der Waals surface area contributed by atoms with E-state index < -0.39 is 0 Å². The topological polar surface area (TPSA) is 95.1 Å². The van der Waals surface area contributed by atoms with Crippen LogP contribution < -0.4 is 10.1 Å². The van der Waals surface area contributed by atoms with E-state index in [1.165, 1.54) is 4.80 Å². The molecular formula is C16H17N5O3. The van der Waals surface area contributed by atoms with Gasteiger partial charge in [0.15, 0.2) is 0 Å². The van der Waals surface area contributed by atoms with E-state index in [1.807, 2.05) is 25.1 Å². The molecule has 0 aliphatic heterocycles. The van der Waals surface area contributed by atoms with E-state index in [4.69, 9.17) is 9.15 Å². The SMILES string of the molecule is COc1cccc(-c2nnn(CC(=O)N[C@@H](C)c3ccco3)n2)c1. The fraction of sp³-hybridized carbons (Fsp3) is 0.250. The van der Waals surface area contributed by atoms with Crippen molar-refractivity contribution in [1.82, 2.24) is 25.5 Å². The number of hydrogen-bond acceptors (Lipinski definition) is 6. The Kier molecular flexibility index (Phi) is 4.55. The lowest BCUT2D eigenvalue weighted by Gasteiger charge is -2.10. The maximum Gasteiger partial charge on any atom is 0.244 e. The summed E-state index contributed by atoms with van der Waals surface area (Å²) in [4.78, 5) is 13.3. The Morgan fingerprint density at radius 3 is 3.00 bits per heavy atom. The van der Waals surface area contributed by atoms with Crippen LogP contribution in [0.3, 0.4) is 0 Å². The smallest absolute Gasteiger partial charge is 0.244 e. The molecule has 3 rings (SSSR count). The van der Waals surface area contributed by atoms with E-state index in [-0.39, 0.29) is 18.5 Å². The number of carbonyl (C=O) groups excluding carboxylic acids is 1. The molecule has 3 aromatic rings. The van der Waals surface area contributed by atoms with Crippen molar-refractivity contribution >= 4 is 5.91 Å². The molecular weight excluding hydrogens is 310 g/mol. The largest absolute Gasteiger partial charge is 0.497 e. The van der Waals surface area contributed by atoms with Gasteiger partial charge >= 0.3 is 0 Å². The van der Waals surface area contributed by atoms with Crippen molar-refractivity contribution in [2.45, 2.75) is 19.5 Å². The van der Waals surface area contributed by atoms with Crippen molar-refractivity contribution in [1.29, 1.82) is 0 Å². The van der Waals surface area contributed by atoms with E-state index in [2.05, 4.69) is 20.7 Å². The van der Waals surface area contributed by atoms with Crippen LogP contribution in [0.5, 0.6) is 5.75 Å². The Balaban J connectivity index is 1.64. The minimum atomic E-state index is -0.228. The number of ether oxygens (including phenoxy) is 1. The average molecular weight is 327 g/mol. The fourth-order valence-electron chi connectivity index (χ4n) is 2.21. The summed E-state index contributed by atoms with van der Waals surface area (Å²) in [6.45, 7) is 1.81. The first-order valence-electron chi connectivity index (χ1n) is 7.40. The van der Waals surface area contributed by atoms with Gasteiger partial charge < -0.3 is 14.5 Å². The molecule has 1 aromatic carbocycles. The average Bonchev–Trinajstić information content (AvgIpc) is 3.26. The fourth-order valence-corrected chi connectivity index (χ4v) is 2.21. The van der Waals surface area contributed by atoms with Crippen LogP contribution in [0, 0.1) is 0 Å². The van der Waals surface area contributed by atoms with E-state index in [0.717, 1.165) is 5.56 Å². The number of nitrogens with zero attached hydrogens (tertiary/aromatic N) is 4. The molecule has 0 radical (unpaired) electrons. The van der Waals surface area contributed by atoms with Crippen molar-refractivity contribution in [3.8, 4) is 17.1 Å². The van der Waals surface area contributed by atoms with Crippen LogP contribution in [0.2, 0.25) is 0 Å². The van der Waals surface area contributed by atoms with Gasteiger partial charge in [-0.05, 0) is 36.4 Å². The molecule has 0 bridgehead atoms. The molecule has 0 saturated heterocycles. The molecule has 2 heterocycles. The zero-order valence-corrected chi connectivity index (χ0v) is 13.3. The summed E-state index contributed by atoms with van der Waals surface area (Å²) in [6, 6.07) is 10.7. The van der Waals surface area contributed by atoms with Crippen LogP contribution in [0.25, 0.3) is 11.4 Å². The molecule has 124 valence electrons. The highest BCUT2D eigenvalue weighted by Crippen LogP contribution is 2.19. The highest BCUT2D eigenvalue weighted by molar-refractivity contribution is 5.75. The second-order valence-electron chi connectivity index (χ2n) is 5.18. The molecule has 0 spiro atoms. The van der Waals surface area contributed by atoms with Crippen LogP contribution >= 0.6 is 0 Å². The molecule has 0 fully saturated rings. The standard InChI is InChI=1S/C16H17N5O3/c1-11(14-7-4-8-24-14)17-15(22)10-21-19-16(18-20-21)12-5-3-6-13(9-12)23-2/h3-9,11H,10H2,1-2H3,(H,17,22)/t11-/m0/s1. The molecule has 0 aliphatic carbocycles. The molecule has 1 atom stereocenters. The maximum atomic E-state index is 12.1. The highest BCUT2D eigenvalue weighted by Gasteiger charge is 2.14. The normalized spacial score (nSPS) is 11.9. The molecule has 0 saturated carbocycles. The first-order valence-corrected chi connectivity index (χ1v) is 7.40. The first-order chi connectivity index (χ1) is 11.7. The van der Waals surface area contributed by atoms with Gasteiger partial charge in [-0.15, -0.1) is 10.2 Å². The van der Waals surface area contributed by atoms with Gasteiger partial charge in [0.05, 0.1) is 19.4 Å². The predicted octanol–water partition coefficient (Wildman–Crippen LogP) is 1.82. The zero-order valence-electron chi connectivity index (χ0n) is 13.3. The quantitative estimate of drug-likeness (QED) is 0.742. The maximum absolute atomic E-state index is 12.1.